The fourth-order valence-electron chi connectivity index (χ4n) is 7.02. The molecule has 0 aromatic heterocycles. The molecule has 0 radical (unpaired) electrons. The van der Waals surface area contributed by atoms with E-state index in [4.69, 9.17) is 14.2 Å². The number of carbonyl (C=O) groups excluding carboxylic acids is 2. The summed E-state index contributed by atoms with van der Waals surface area (Å²) in [6.07, 6.45) is -1.72. The lowest BCUT2D eigenvalue weighted by Crippen LogP contribution is -2.78. The van der Waals surface area contributed by atoms with Crippen LogP contribution in [-0.4, -0.2) is 57.3 Å². The first-order valence-corrected chi connectivity index (χ1v) is 12.6. The van der Waals surface area contributed by atoms with Crippen LogP contribution in [0.25, 0.3) is 0 Å². The highest BCUT2D eigenvalue weighted by molar-refractivity contribution is 5.90. The molecule has 2 aliphatic carbocycles. The number of fused-ring (bicyclic) bond motifs is 1. The van der Waals surface area contributed by atoms with Crippen LogP contribution in [0.2, 0.25) is 0 Å². The first-order valence-electron chi connectivity index (χ1n) is 12.6. The van der Waals surface area contributed by atoms with Crippen molar-refractivity contribution < 1.29 is 34.0 Å². The van der Waals surface area contributed by atoms with Gasteiger partial charge < -0.3 is 24.4 Å². The van der Waals surface area contributed by atoms with Gasteiger partial charge in [-0.25, -0.2) is 9.59 Å². The summed E-state index contributed by atoms with van der Waals surface area (Å²) in [5.41, 5.74) is -4.22. The topological polar surface area (TPSA) is 102 Å². The summed E-state index contributed by atoms with van der Waals surface area (Å²) in [6, 6.07) is 17.4. The third kappa shape index (κ3) is 3.44. The highest BCUT2D eigenvalue weighted by Crippen LogP contribution is 2.67. The van der Waals surface area contributed by atoms with Crippen molar-refractivity contribution in [3.05, 3.63) is 71.8 Å². The van der Waals surface area contributed by atoms with Crippen molar-refractivity contribution in [2.24, 2.45) is 11.3 Å². The second-order valence-corrected chi connectivity index (χ2v) is 11.3. The lowest BCUT2D eigenvalue weighted by atomic mass is 9.47. The summed E-state index contributed by atoms with van der Waals surface area (Å²) < 4.78 is 18.9. The van der Waals surface area contributed by atoms with Crippen LogP contribution in [-0.2, 0) is 14.2 Å². The number of rotatable bonds is 4. The van der Waals surface area contributed by atoms with Crippen LogP contribution in [0.1, 0.15) is 67.7 Å². The summed E-state index contributed by atoms with van der Waals surface area (Å²) in [4.78, 5) is 26.4. The third-order valence-electron chi connectivity index (χ3n) is 8.93. The number of carbonyl (C=O) groups is 2. The fraction of sp³-hybridized carbons (Fsp3) is 0.517. The van der Waals surface area contributed by atoms with E-state index in [2.05, 4.69) is 0 Å². The molecular formula is C29H34O7. The highest BCUT2D eigenvalue weighted by Gasteiger charge is 2.81. The summed E-state index contributed by atoms with van der Waals surface area (Å²) in [6.45, 7) is 7.23. The lowest BCUT2D eigenvalue weighted by molar-refractivity contribution is -0.325. The van der Waals surface area contributed by atoms with E-state index in [0.29, 0.717) is 24.0 Å². The molecule has 2 aromatic rings. The number of hydrogen-bond acceptors (Lipinski definition) is 7. The molecule has 1 aliphatic heterocycles. The maximum Gasteiger partial charge on any atom is 0.338 e. The molecule has 1 heterocycles. The van der Waals surface area contributed by atoms with Gasteiger partial charge in [0.05, 0.1) is 33.8 Å². The maximum atomic E-state index is 13.2. The highest BCUT2D eigenvalue weighted by atomic mass is 16.6. The number of hydrogen-bond donors (Lipinski definition) is 2. The minimum absolute atomic E-state index is 0.245. The van der Waals surface area contributed by atoms with E-state index < -0.39 is 58.4 Å². The van der Waals surface area contributed by atoms with Gasteiger partial charge in [0.1, 0.15) is 17.8 Å². The maximum absolute atomic E-state index is 13.2. The standard InChI is InChI=1S/C29H34O7/c1-26(2)20-17-22(35-25(32)19-13-9-6-10-14-19)28(4)21(34-24(31)18-11-7-5-8-12-18)15-16-27(3,33)29(28,36-26)23(20)30/h5-14,20-23,30,33H,15-17H2,1-4H3/t20-,21-,22-,23+,27-,28-,29+/m1/s1. The number of aliphatic hydroxyl groups is 2. The molecule has 7 nitrogen and oxygen atoms in total. The zero-order valence-corrected chi connectivity index (χ0v) is 21.1. The third-order valence-corrected chi connectivity index (χ3v) is 8.93. The molecule has 3 aliphatic rings. The van der Waals surface area contributed by atoms with Crippen LogP contribution >= 0.6 is 0 Å². The quantitative estimate of drug-likeness (QED) is 0.621. The Balaban J connectivity index is 1.59. The van der Waals surface area contributed by atoms with Crippen molar-refractivity contribution in [2.45, 2.75) is 82.1 Å². The summed E-state index contributed by atoms with van der Waals surface area (Å²) in [5, 5.41) is 23.5. The Bertz CT molecular complexity index is 1140. The normalized spacial score (nSPS) is 38.6. The molecular weight excluding hydrogens is 460 g/mol. The van der Waals surface area contributed by atoms with Crippen molar-refractivity contribution >= 4 is 11.9 Å². The van der Waals surface area contributed by atoms with Crippen molar-refractivity contribution in [1.29, 1.82) is 0 Å². The van der Waals surface area contributed by atoms with E-state index in [-0.39, 0.29) is 6.42 Å². The molecule has 7 atom stereocenters. The molecule has 2 saturated carbocycles. The van der Waals surface area contributed by atoms with Crippen molar-refractivity contribution in [3.8, 4) is 0 Å². The van der Waals surface area contributed by atoms with Crippen LogP contribution in [0.5, 0.6) is 0 Å². The Morgan fingerprint density at radius 2 is 1.36 bits per heavy atom. The zero-order chi connectivity index (χ0) is 25.9. The van der Waals surface area contributed by atoms with E-state index in [1.807, 2.05) is 32.9 Å². The average Bonchev–Trinajstić information content (AvgIpc) is 3.01. The molecule has 5 rings (SSSR count). The molecule has 3 fully saturated rings. The lowest BCUT2D eigenvalue weighted by Gasteiger charge is -2.63. The zero-order valence-electron chi connectivity index (χ0n) is 21.1. The van der Waals surface area contributed by atoms with Crippen LogP contribution in [0.15, 0.2) is 60.7 Å². The minimum atomic E-state index is -1.52. The minimum Gasteiger partial charge on any atom is -0.458 e. The van der Waals surface area contributed by atoms with Crippen LogP contribution in [0.4, 0.5) is 0 Å². The average molecular weight is 495 g/mol. The molecule has 2 N–H and O–H groups in total. The van der Waals surface area contributed by atoms with Gasteiger partial charge in [0.2, 0.25) is 0 Å². The Labute approximate surface area is 211 Å². The molecule has 0 unspecified atom stereocenters. The van der Waals surface area contributed by atoms with Gasteiger partial charge in [-0.05, 0) is 71.2 Å². The molecule has 2 bridgehead atoms. The van der Waals surface area contributed by atoms with Crippen LogP contribution in [0, 0.1) is 11.3 Å². The molecule has 7 heteroatoms. The van der Waals surface area contributed by atoms with Gasteiger partial charge in [-0.2, -0.15) is 0 Å². The first-order chi connectivity index (χ1) is 16.9. The summed E-state index contributed by atoms with van der Waals surface area (Å²) in [5.74, 6) is -1.42. The van der Waals surface area contributed by atoms with Crippen molar-refractivity contribution in [1.82, 2.24) is 0 Å². The second kappa shape index (κ2) is 8.40. The summed E-state index contributed by atoms with van der Waals surface area (Å²) in [7, 11) is 0. The number of aliphatic hydroxyl groups excluding tert-OH is 1. The number of benzene rings is 2. The van der Waals surface area contributed by atoms with Gasteiger partial charge in [-0.3, -0.25) is 0 Å². The van der Waals surface area contributed by atoms with Gasteiger partial charge in [-0.1, -0.05) is 36.4 Å². The Morgan fingerprint density at radius 3 is 1.89 bits per heavy atom. The van der Waals surface area contributed by atoms with E-state index in [9.17, 15) is 19.8 Å². The first kappa shape index (κ1) is 24.9. The van der Waals surface area contributed by atoms with E-state index in [1.54, 1.807) is 55.5 Å². The molecule has 2 aromatic carbocycles. The molecule has 1 spiro atoms. The molecule has 36 heavy (non-hydrogen) atoms. The van der Waals surface area contributed by atoms with E-state index in [0.717, 1.165) is 0 Å². The fourth-order valence-corrected chi connectivity index (χ4v) is 7.02. The number of esters is 2. The van der Waals surface area contributed by atoms with Crippen molar-refractivity contribution in [3.63, 3.8) is 0 Å². The summed E-state index contributed by atoms with van der Waals surface area (Å²) >= 11 is 0. The van der Waals surface area contributed by atoms with E-state index >= 15 is 0 Å². The molecule has 192 valence electrons. The Hall–Kier alpha value is -2.74. The molecule has 0 amide bonds. The number of ether oxygens (including phenoxy) is 3. The Morgan fingerprint density at radius 1 is 0.861 bits per heavy atom. The smallest absolute Gasteiger partial charge is 0.338 e. The van der Waals surface area contributed by atoms with Gasteiger partial charge >= 0.3 is 11.9 Å². The van der Waals surface area contributed by atoms with Gasteiger partial charge in [-0.15, -0.1) is 0 Å². The van der Waals surface area contributed by atoms with Gasteiger partial charge in [0.25, 0.3) is 0 Å². The van der Waals surface area contributed by atoms with Crippen LogP contribution in [0.3, 0.4) is 0 Å². The Kier molecular flexibility index (Phi) is 5.82. The van der Waals surface area contributed by atoms with E-state index in [1.165, 1.54) is 0 Å². The molecule has 1 saturated heterocycles. The predicted molar refractivity (Wildman–Crippen MR) is 131 cm³/mol. The van der Waals surface area contributed by atoms with Crippen LogP contribution < -0.4 is 0 Å². The largest absolute Gasteiger partial charge is 0.458 e. The van der Waals surface area contributed by atoms with Gasteiger partial charge in [0.15, 0.2) is 0 Å². The monoisotopic (exact) mass is 494 g/mol. The SMILES string of the molecule is CC1(C)O[C@]23[C@@H](O)[C@H]1C[C@@H](OC(=O)c1ccccc1)[C@@]2(C)[C@H](OC(=O)c1ccccc1)CC[C@@]3(C)O. The predicted octanol–water partition coefficient (Wildman–Crippen LogP) is 3.92. The second-order valence-electron chi connectivity index (χ2n) is 11.3. The van der Waals surface area contributed by atoms with Gasteiger partial charge in [0, 0.05) is 5.92 Å². The van der Waals surface area contributed by atoms with Crippen molar-refractivity contribution in [2.75, 3.05) is 0 Å².